The van der Waals surface area contributed by atoms with Crippen molar-refractivity contribution in [3.05, 3.63) is 77.9 Å². The van der Waals surface area contributed by atoms with Crippen molar-refractivity contribution >= 4 is 34.3 Å². The molecule has 0 aliphatic carbocycles. The minimum atomic E-state index is -1.81. The lowest BCUT2D eigenvalue weighted by Crippen LogP contribution is -2.42. The van der Waals surface area contributed by atoms with Crippen LogP contribution in [0.3, 0.4) is 0 Å². The van der Waals surface area contributed by atoms with Crippen LogP contribution in [0.5, 0.6) is 0 Å². The molecule has 1 atom stereocenters. The smallest absolute Gasteiger partial charge is 0.325 e. The molecule has 1 aliphatic heterocycles. The second-order valence-electron chi connectivity index (χ2n) is 7.18. The fourth-order valence-corrected chi connectivity index (χ4v) is 3.51. The number of imide groups is 1. The van der Waals surface area contributed by atoms with E-state index in [2.05, 4.69) is 10.6 Å². The van der Waals surface area contributed by atoms with Crippen LogP contribution in [0.2, 0.25) is 0 Å². The first-order chi connectivity index (χ1) is 14.3. The molecule has 3 aromatic carbocycles. The van der Waals surface area contributed by atoms with Gasteiger partial charge in [-0.15, -0.1) is 0 Å². The SMILES string of the molecule is C[C@@]1(c2cc(F)ccc2F)NC(=O)N(CC(=O)Nc2ccc3ccccc3c2)C1=O. The zero-order valence-corrected chi connectivity index (χ0v) is 15.9. The van der Waals surface area contributed by atoms with Gasteiger partial charge in [0.05, 0.1) is 0 Å². The molecule has 1 aliphatic rings. The number of carbonyl (C=O) groups is 3. The number of nitrogens with one attached hydrogen (secondary N) is 2. The summed E-state index contributed by atoms with van der Waals surface area (Å²) in [5.41, 5.74) is -1.62. The Morgan fingerprint density at radius 2 is 1.77 bits per heavy atom. The van der Waals surface area contributed by atoms with Crippen LogP contribution in [0.15, 0.2) is 60.7 Å². The second-order valence-corrected chi connectivity index (χ2v) is 7.18. The fraction of sp³-hybridized carbons (Fsp3) is 0.136. The van der Waals surface area contributed by atoms with Gasteiger partial charge in [-0.3, -0.25) is 14.5 Å². The van der Waals surface area contributed by atoms with Crippen molar-refractivity contribution in [2.75, 3.05) is 11.9 Å². The molecule has 6 nitrogen and oxygen atoms in total. The van der Waals surface area contributed by atoms with Crippen LogP contribution < -0.4 is 10.6 Å². The minimum Gasteiger partial charge on any atom is -0.325 e. The molecule has 2 N–H and O–H groups in total. The van der Waals surface area contributed by atoms with E-state index in [1.807, 2.05) is 30.3 Å². The Hall–Kier alpha value is -3.81. The summed E-state index contributed by atoms with van der Waals surface area (Å²) < 4.78 is 27.8. The van der Waals surface area contributed by atoms with Gasteiger partial charge >= 0.3 is 6.03 Å². The summed E-state index contributed by atoms with van der Waals surface area (Å²) in [6.45, 7) is 0.705. The molecular weight excluding hydrogens is 392 g/mol. The Kier molecular flexibility index (Phi) is 4.69. The van der Waals surface area contributed by atoms with E-state index >= 15 is 0 Å². The maximum Gasteiger partial charge on any atom is 0.325 e. The highest BCUT2D eigenvalue weighted by molar-refractivity contribution is 6.10. The lowest BCUT2D eigenvalue weighted by molar-refractivity contribution is -0.133. The zero-order chi connectivity index (χ0) is 21.5. The quantitative estimate of drug-likeness (QED) is 0.647. The largest absolute Gasteiger partial charge is 0.325 e. The van der Waals surface area contributed by atoms with E-state index < -0.39 is 41.6 Å². The van der Waals surface area contributed by atoms with Crippen LogP contribution in [-0.2, 0) is 15.1 Å². The molecule has 0 aromatic heterocycles. The third kappa shape index (κ3) is 3.36. The zero-order valence-electron chi connectivity index (χ0n) is 15.9. The van der Waals surface area contributed by atoms with Crippen molar-refractivity contribution in [1.82, 2.24) is 10.2 Å². The van der Waals surface area contributed by atoms with Gasteiger partial charge in [0, 0.05) is 11.3 Å². The van der Waals surface area contributed by atoms with Crippen LogP contribution >= 0.6 is 0 Å². The van der Waals surface area contributed by atoms with Crippen LogP contribution in [-0.4, -0.2) is 29.3 Å². The molecule has 0 saturated carbocycles. The first kappa shape index (κ1) is 19.5. The highest BCUT2D eigenvalue weighted by Gasteiger charge is 2.50. The normalized spacial score (nSPS) is 18.6. The predicted octanol–water partition coefficient (Wildman–Crippen LogP) is 3.52. The van der Waals surface area contributed by atoms with Crippen LogP contribution in [0.1, 0.15) is 12.5 Å². The second kappa shape index (κ2) is 7.22. The standard InChI is InChI=1S/C22H17F2N3O3/c1-22(17-11-15(23)7-9-18(17)24)20(29)27(21(30)26-22)12-19(28)25-16-8-6-13-4-2-3-5-14(13)10-16/h2-11H,12H2,1H3,(H,25,28)(H,26,30)/t22-/m0/s1. The number of halogens is 2. The van der Waals surface area contributed by atoms with Gasteiger partial charge in [0.25, 0.3) is 5.91 Å². The summed E-state index contributed by atoms with van der Waals surface area (Å²) in [5.74, 6) is -3.03. The van der Waals surface area contributed by atoms with Gasteiger partial charge in [0.1, 0.15) is 23.7 Å². The van der Waals surface area contributed by atoms with Crippen molar-refractivity contribution in [3.8, 4) is 0 Å². The van der Waals surface area contributed by atoms with Crippen molar-refractivity contribution in [1.29, 1.82) is 0 Å². The van der Waals surface area contributed by atoms with E-state index in [-0.39, 0.29) is 5.56 Å². The van der Waals surface area contributed by atoms with E-state index in [0.717, 1.165) is 29.0 Å². The molecule has 0 spiro atoms. The number of rotatable bonds is 4. The van der Waals surface area contributed by atoms with Crippen LogP contribution in [0, 0.1) is 11.6 Å². The number of hydrogen-bond donors (Lipinski definition) is 2. The number of amides is 4. The average Bonchev–Trinajstić information content (AvgIpc) is 2.93. The summed E-state index contributed by atoms with van der Waals surface area (Å²) in [5, 5.41) is 6.92. The van der Waals surface area contributed by atoms with Gasteiger partial charge in [0.15, 0.2) is 0 Å². The van der Waals surface area contributed by atoms with E-state index in [4.69, 9.17) is 0 Å². The molecule has 0 radical (unpaired) electrons. The summed E-state index contributed by atoms with van der Waals surface area (Å²) in [4.78, 5) is 38.3. The number of anilines is 1. The highest BCUT2D eigenvalue weighted by Crippen LogP contribution is 2.31. The topological polar surface area (TPSA) is 78.5 Å². The van der Waals surface area contributed by atoms with E-state index in [1.54, 1.807) is 12.1 Å². The summed E-state index contributed by atoms with van der Waals surface area (Å²) >= 11 is 0. The number of nitrogens with zero attached hydrogens (tertiary/aromatic N) is 1. The summed E-state index contributed by atoms with van der Waals surface area (Å²) in [6.07, 6.45) is 0. The number of hydrogen-bond acceptors (Lipinski definition) is 3. The Balaban J connectivity index is 1.52. The Morgan fingerprint density at radius 3 is 2.53 bits per heavy atom. The third-order valence-corrected chi connectivity index (χ3v) is 5.08. The first-order valence-electron chi connectivity index (χ1n) is 9.16. The Bertz CT molecular complexity index is 1200. The lowest BCUT2D eigenvalue weighted by atomic mass is 9.91. The molecule has 0 bridgehead atoms. The number of fused-ring (bicyclic) bond motifs is 1. The van der Waals surface area contributed by atoms with E-state index in [1.165, 1.54) is 6.92 Å². The fourth-order valence-electron chi connectivity index (χ4n) is 3.51. The number of benzene rings is 3. The Labute approximate surface area is 170 Å². The van der Waals surface area contributed by atoms with Gasteiger partial charge in [-0.05, 0) is 48.0 Å². The molecular formula is C22H17F2N3O3. The molecule has 4 rings (SSSR count). The maximum atomic E-state index is 14.2. The van der Waals surface area contributed by atoms with Crippen molar-refractivity contribution in [3.63, 3.8) is 0 Å². The van der Waals surface area contributed by atoms with Crippen molar-refractivity contribution < 1.29 is 23.2 Å². The predicted molar refractivity (Wildman–Crippen MR) is 107 cm³/mol. The average molecular weight is 409 g/mol. The number of urea groups is 1. The van der Waals surface area contributed by atoms with Gasteiger partial charge in [-0.1, -0.05) is 30.3 Å². The lowest BCUT2D eigenvalue weighted by Gasteiger charge is -2.22. The summed E-state index contributed by atoms with van der Waals surface area (Å²) in [6, 6.07) is 14.7. The molecule has 1 saturated heterocycles. The molecule has 3 aromatic rings. The maximum absolute atomic E-state index is 14.2. The van der Waals surface area contributed by atoms with Crippen molar-refractivity contribution in [2.24, 2.45) is 0 Å². The first-order valence-corrected chi connectivity index (χ1v) is 9.16. The van der Waals surface area contributed by atoms with E-state index in [0.29, 0.717) is 10.6 Å². The third-order valence-electron chi connectivity index (χ3n) is 5.08. The Morgan fingerprint density at radius 1 is 1.03 bits per heavy atom. The highest BCUT2D eigenvalue weighted by atomic mass is 19.1. The monoisotopic (exact) mass is 409 g/mol. The molecule has 1 fully saturated rings. The van der Waals surface area contributed by atoms with Gasteiger partial charge < -0.3 is 10.6 Å². The molecule has 1 heterocycles. The number of carbonyl (C=O) groups excluding carboxylic acids is 3. The van der Waals surface area contributed by atoms with Crippen LogP contribution in [0.4, 0.5) is 19.3 Å². The van der Waals surface area contributed by atoms with Gasteiger partial charge in [0.2, 0.25) is 5.91 Å². The summed E-state index contributed by atoms with van der Waals surface area (Å²) in [7, 11) is 0. The molecule has 0 unspecified atom stereocenters. The molecule has 4 amide bonds. The van der Waals surface area contributed by atoms with Gasteiger partial charge in [-0.2, -0.15) is 0 Å². The van der Waals surface area contributed by atoms with E-state index in [9.17, 15) is 23.2 Å². The molecule has 8 heteroatoms. The van der Waals surface area contributed by atoms with Crippen LogP contribution in [0.25, 0.3) is 10.8 Å². The minimum absolute atomic E-state index is 0.307. The van der Waals surface area contributed by atoms with Gasteiger partial charge in [-0.25, -0.2) is 13.6 Å². The molecule has 152 valence electrons. The van der Waals surface area contributed by atoms with Crippen molar-refractivity contribution in [2.45, 2.75) is 12.5 Å². The molecule has 30 heavy (non-hydrogen) atoms.